The molecule has 0 saturated heterocycles. The van der Waals surface area contributed by atoms with Gasteiger partial charge in [0.2, 0.25) is 0 Å². The Bertz CT molecular complexity index is 5190. The molecule has 2 aliphatic heterocycles. The third kappa shape index (κ3) is 8.80. The van der Waals surface area contributed by atoms with Crippen molar-refractivity contribution in [3.63, 3.8) is 0 Å². The maximum atomic E-state index is 2.72. The summed E-state index contributed by atoms with van der Waals surface area (Å²) < 4.78 is 7.54. The first-order valence-electron chi connectivity index (χ1n) is 32.1. The number of thiophene rings is 1. The molecule has 3 aromatic heterocycles. The highest BCUT2D eigenvalue weighted by atomic mass is 32.1. The predicted octanol–water partition coefficient (Wildman–Crippen LogP) is 21.4. The molecule has 0 spiro atoms. The molecule has 0 aliphatic carbocycles. The highest BCUT2D eigenvalue weighted by Gasteiger charge is 2.47. The fourth-order valence-electron chi connectivity index (χ4n) is 15.0. The first-order chi connectivity index (χ1) is 43.8. The van der Waals surface area contributed by atoms with Crippen molar-refractivity contribution < 1.29 is 0 Å². The van der Waals surface area contributed by atoms with Crippen molar-refractivity contribution in [1.82, 2.24) is 9.13 Å². The van der Waals surface area contributed by atoms with Gasteiger partial charge in [0.1, 0.15) is 0 Å². The summed E-state index contributed by atoms with van der Waals surface area (Å²) >= 11 is 1.98. The summed E-state index contributed by atoms with van der Waals surface area (Å²) in [5.41, 5.74) is 29.8. The van der Waals surface area contributed by atoms with Crippen LogP contribution in [-0.2, 0) is 24.9 Å². The topological polar surface area (TPSA) is 22.8 Å². The molecule has 0 unspecified atom stereocenters. The van der Waals surface area contributed by atoms with Gasteiger partial charge in [-0.3, -0.25) is 0 Å². The molecular weight excluding hydrogens is 1120 g/mol. The smallest absolute Gasteiger partial charge is 0.264 e. The van der Waals surface area contributed by atoms with Crippen molar-refractivity contribution in [3.8, 4) is 0 Å². The molecule has 446 valence electrons. The minimum atomic E-state index is -0.117. The molecule has 0 fully saturated rings. The van der Waals surface area contributed by atoms with Gasteiger partial charge in [0.25, 0.3) is 6.71 Å². The molecule has 0 atom stereocenters. The van der Waals surface area contributed by atoms with E-state index in [0.717, 1.165) is 45.5 Å². The lowest BCUT2D eigenvalue weighted by Gasteiger charge is -2.44. The number of anilines is 12. The second kappa shape index (κ2) is 20.6. The zero-order chi connectivity index (χ0) is 62.7. The van der Waals surface area contributed by atoms with Gasteiger partial charge < -0.3 is 28.7 Å². The molecule has 91 heavy (non-hydrogen) atoms. The number of fused-ring (bicyclic) bond motifs is 12. The Morgan fingerprint density at radius 3 is 1.24 bits per heavy atom. The molecule has 16 rings (SSSR count). The van der Waals surface area contributed by atoms with E-state index in [9.17, 15) is 0 Å². The van der Waals surface area contributed by atoms with Gasteiger partial charge in [-0.15, -0.1) is 11.3 Å². The van der Waals surface area contributed by atoms with E-state index < -0.39 is 0 Å². The molecule has 0 bridgehead atoms. The Kier molecular flexibility index (Phi) is 12.8. The molecule has 0 radical (unpaired) electrons. The number of nitrogens with zero attached hydrogens (tertiary/aromatic N) is 6. The molecule has 8 heteroatoms. The largest absolute Gasteiger partial charge is 0.342 e. The van der Waals surface area contributed by atoms with Crippen LogP contribution in [0.3, 0.4) is 0 Å². The van der Waals surface area contributed by atoms with E-state index in [1.54, 1.807) is 0 Å². The summed E-state index contributed by atoms with van der Waals surface area (Å²) in [4.78, 5) is 10.3. The lowest BCUT2D eigenvalue weighted by Crippen LogP contribution is -2.60. The quantitative estimate of drug-likeness (QED) is 0.141. The van der Waals surface area contributed by atoms with Crippen LogP contribution in [0.4, 0.5) is 68.2 Å². The maximum Gasteiger partial charge on any atom is 0.264 e. The number of para-hydroxylation sites is 2. The van der Waals surface area contributed by atoms with Gasteiger partial charge >= 0.3 is 0 Å². The molecule has 5 heterocycles. The lowest BCUT2D eigenvalue weighted by atomic mass is 9.36. The molecular formula is C83H75BN6S. The summed E-state index contributed by atoms with van der Waals surface area (Å²) in [7, 11) is 4.53. The van der Waals surface area contributed by atoms with E-state index in [0.29, 0.717) is 0 Å². The number of hydrogen-bond acceptors (Lipinski definition) is 5. The van der Waals surface area contributed by atoms with Gasteiger partial charge in [-0.25, -0.2) is 0 Å². The molecule has 6 nitrogen and oxygen atoms in total. The van der Waals surface area contributed by atoms with Crippen LogP contribution in [0.15, 0.2) is 218 Å². The van der Waals surface area contributed by atoms with Crippen LogP contribution in [0, 0.1) is 34.6 Å². The summed E-state index contributed by atoms with van der Waals surface area (Å²) in [5, 5.41) is 6.15. The highest BCUT2D eigenvalue weighted by Crippen LogP contribution is 2.55. The number of aromatic nitrogens is 2. The molecule has 0 amide bonds. The van der Waals surface area contributed by atoms with Crippen LogP contribution >= 0.6 is 11.3 Å². The second-order valence-corrected chi connectivity index (χ2v) is 29.0. The van der Waals surface area contributed by atoms with Crippen molar-refractivity contribution in [3.05, 3.63) is 257 Å². The van der Waals surface area contributed by atoms with Gasteiger partial charge in [0.05, 0.1) is 39.5 Å². The molecule has 0 saturated carbocycles. The summed E-state index contributed by atoms with van der Waals surface area (Å²) in [6.45, 7) is 25.1. The first-order valence-corrected chi connectivity index (χ1v) is 33.0. The van der Waals surface area contributed by atoms with E-state index in [1.807, 2.05) is 11.3 Å². The number of rotatable bonds is 8. The average Bonchev–Trinajstić information content (AvgIpc) is 1.67. The summed E-state index contributed by atoms with van der Waals surface area (Å²) in [6, 6.07) is 83.6. The van der Waals surface area contributed by atoms with E-state index in [1.165, 1.54) is 131 Å². The van der Waals surface area contributed by atoms with Crippen LogP contribution in [-0.4, -0.2) is 15.8 Å². The minimum absolute atomic E-state index is 0.0799. The standard InChI is InChI=1S/C83H75BN6S/c1-50-22-32-57(33-23-50)87(58-34-24-51(2)25-35-58)70-43-41-68(75-61-18-14-16-20-65(61)85(12)79(70)75)89-67-40-30-56(83(9,10)11)49-64(67)84-77-72(89)46-54(5)47-73(77)90(78-63-48-55(82(6,7)8)31-45-74(63)91-81(78)84)69-42-44-71(80-76(69)62-19-15-17-21-66(62)86(80)13)88(59-36-26-52(3)27-37-59)60-38-28-53(4)29-39-60/h14-49H,1-13H3. The summed E-state index contributed by atoms with van der Waals surface area (Å²) in [5.74, 6) is 0. The van der Waals surface area contributed by atoms with Gasteiger partial charge in [-0.1, -0.05) is 167 Å². The van der Waals surface area contributed by atoms with Crippen LogP contribution in [0.1, 0.15) is 80.5 Å². The number of benzene rings is 11. The lowest BCUT2D eigenvalue weighted by molar-refractivity contribution is 0.590. The minimum Gasteiger partial charge on any atom is -0.342 e. The third-order valence-electron chi connectivity index (χ3n) is 19.7. The van der Waals surface area contributed by atoms with Crippen molar-refractivity contribution in [2.45, 2.75) is 87.0 Å². The van der Waals surface area contributed by atoms with E-state index >= 15 is 0 Å². The predicted molar refractivity (Wildman–Crippen MR) is 394 cm³/mol. The SMILES string of the molecule is Cc1ccc(N(c2ccc(C)cc2)c2ccc(N3c4ccc(C(C)(C)C)cc4B4c5sc6ccc(C(C)(C)C)cc6c5N(c5ccc(N(c6ccc(C)cc6)c6ccc(C)cc6)c6c5c5ccccc5n6C)c5cc(C)cc3c54)c3c4ccccc4n(C)c23)cc1. The maximum absolute atomic E-state index is 2.72. The Morgan fingerprint density at radius 2 is 0.780 bits per heavy atom. The zero-order valence-corrected chi connectivity index (χ0v) is 55.3. The van der Waals surface area contributed by atoms with Gasteiger partial charge in [0, 0.05) is 101 Å². The molecule has 14 aromatic rings. The average molecular weight is 1200 g/mol. The molecule has 2 aliphatic rings. The number of hydrogen-bond donors (Lipinski definition) is 0. The Labute approximate surface area is 539 Å². The third-order valence-corrected chi connectivity index (χ3v) is 20.9. The van der Waals surface area contributed by atoms with E-state index in [4.69, 9.17) is 0 Å². The van der Waals surface area contributed by atoms with Gasteiger partial charge in [0.15, 0.2) is 0 Å². The van der Waals surface area contributed by atoms with Gasteiger partial charge in [-0.2, -0.15) is 0 Å². The Balaban J connectivity index is 1.02. The van der Waals surface area contributed by atoms with E-state index in [-0.39, 0.29) is 17.5 Å². The van der Waals surface area contributed by atoms with Crippen molar-refractivity contribution in [2.75, 3.05) is 19.6 Å². The van der Waals surface area contributed by atoms with Crippen molar-refractivity contribution in [1.29, 1.82) is 0 Å². The Morgan fingerprint density at radius 1 is 0.374 bits per heavy atom. The number of aryl methyl sites for hydroxylation is 7. The van der Waals surface area contributed by atoms with Crippen LogP contribution in [0.25, 0.3) is 53.7 Å². The van der Waals surface area contributed by atoms with Crippen LogP contribution in [0.2, 0.25) is 0 Å². The second-order valence-electron chi connectivity index (χ2n) is 27.9. The first kappa shape index (κ1) is 56.5. The van der Waals surface area contributed by atoms with Gasteiger partial charge in [-0.05, 0) is 188 Å². The van der Waals surface area contributed by atoms with Crippen LogP contribution < -0.4 is 35.3 Å². The normalized spacial score (nSPS) is 13.0. The molecule has 0 N–H and O–H groups in total. The fourth-order valence-corrected chi connectivity index (χ4v) is 16.3. The monoisotopic (exact) mass is 1200 g/mol. The van der Waals surface area contributed by atoms with Crippen LogP contribution in [0.5, 0.6) is 0 Å². The van der Waals surface area contributed by atoms with Crippen molar-refractivity contribution >= 4 is 156 Å². The van der Waals surface area contributed by atoms with E-state index in [2.05, 4.69) is 337 Å². The Hall–Kier alpha value is -9.76. The summed E-state index contributed by atoms with van der Waals surface area (Å²) in [6.07, 6.45) is 0. The molecule has 11 aromatic carbocycles. The van der Waals surface area contributed by atoms with Crippen molar-refractivity contribution in [2.24, 2.45) is 14.1 Å². The highest BCUT2D eigenvalue weighted by molar-refractivity contribution is 7.33. The fraction of sp³-hybridized carbons (Fsp3) is 0.181. The zero-order valence-electron chi connectivity index (χ0n) is 54.5.